The zero-order chi connectivity index (χ0) is 7.28. The molecule has 0 aliphatic rings. The Bertz CT molecular complexity index is 99.6. The van der Waals surface area contributed by atoms with Gasteiger partial charge in [-0.25, -0.2) is 0 Å². The molecule has 0 bridgehead atoms. The smallest absolute Gasteiger partial charge is 0.0184 e. The minimum Gasteiger partial charge on any atom is -0.309 e. The predicted octanol–water partition coefficient (Wildman–Crippen LogP) is 1.21. The van der Waals surface area contributed by atoms with Crippen molar-refractivity contribution < 1.29 is 0 Å². The molecule has 1 nitrogen and oxygen atoms in total. The third-order valence-electron chi connectivity index (χ3n) is 1.29. The van der Waals surface area contributed by atoms with E-state index < -0.39 is 0 Å². The molecule has 0 aliphatic carbocycles. The van der Waals surface area contributed by atoms with Gasteiger partial charge in [-0.05, 0) is 27.1 Å². The third kappa shape index (κ3) is 5.39. The summed E-state index contributed by atoms with van der Waals surface area (Å²) >= 11 is 0. The normalized spacial score (nSPS) is 13.2. The first-order valence-electron chi connectivity index (χ1n) is 3.27. The largest absolute Gasteiger partial charge is 0.309 e. The van der Waals surface area contributed by atoms with Gasteiger partial charge in [-0.1, -0.05) is 6.92 Å². The van der Waals surface area contributed by atoms with Crippen LogP contribution in [0.2, 0.25) is 0 Å². The molecule has 0 radical (unpaired) electrons. The second-order valence-corrected chi connectivity index (χ2v) is 2.66. The Morgan fingerprint density at radius 2 is 2.11 bits per heavy atom. The highest BCUT2D eigenvalue weighted by Crippen LogP contribution is 1.98. The van der Waals surface area contributed by atoms with Crippen LogP contribution >= 0.6 is 0 Å². The number of nitrogens with zero attached hydrogens (tertiary/aromatic N) is 1. The van der Waals surface area contributed by atoms with E-state index in [0.717, 1.165) is 13.0 Å². The number of terminal acetylenes is 1. The van der Waals surface area contributed by atoms with Crippen molar-refractivity contribution in [3.63, 3.8) is 0 Å². The van der Waals surface area contributed by atoms with Crippen LogP contribution in [0.5, 0.6) is 0 Å². The van der Waals surface area contributed by atoms with E-state index in [1.807, 2.05) is 0 Å². The van der Waals surface area contributed by atoms with Crippen LogP contribution in [0.25, 0.3) is 0 Å². The molecule has 0 spiro atoms. The molecule has 0 fully saturated rings. The van der Waals surface area contributed by atoms with Crippen molar-refractivity contribution >= 4 is 0 Å². The van der Waals surface area contributed by atoms with Crippen molar-refractivity contribution in [2.24, 2.45) is 5.92 Å². The molecule has 0 aliphatic heterocycles. The van der Waals surface area contributed by atoms with E-state index in [-0.39, 0.29) is 0 Å². The quantitative estimate of drug-likeness (QED) is 0.512. The van der Waals surface area contributed by atoms with Crippen LogP contribution in [0.3, 0.4) is 0 Å². The molecule has 0 rings (SSSR count). The molecular weight excluding hydrogens is 110 g/mol. The monoisotopic (exact) mass is 125 g/mol. The van der Waals surface area contributed by atoms with E-state index >= 15 is 0 Å². The van der Waals surface area contributed by atoms with Gasteiger partial charge in [-0.3, -0.25) is 0 Å². The van der Waals surface area contributed by atoms with E-state index in [1.54, 1.807) is 0 Å². The highest BCUT2D eigenvalue weighted by atomic mass is 15.0. The van der Waals surface area contributed by atoms with Gasteiger partial charge in [-0.2, -0.15) is 0 Å². The van der Waals surface area contributed by atoms with Crippen molar-refractivity contribution in [1.82, 2.24) is 4.90 Å². The maximum absolute atomic E-state index is 5.19. The molecule has 0 aromatic carbocycles. The van der Waals surface area contributed by atoms with Crippen LogP contribution in [0.1, 0.15) is 13.3 Å². The first kappa shape index (κ1) is 8.52. The second kappa shape index (κ2) is 4.40. The summed E-state index contributed by atoms with van der Waals surface area (Å²) in [7, 11) is 4.12. The molecule has 0 saturated carbocycles. The van der Waals surface area contributed by atoms with Gasteiger partial charge in [0.15, 0.2) is 0 Å². The Morgan fingerprint density at radius 1 is 1.56 bits per heavy atom. The molecule has 0 amide bonds. The Kier molecular flexibility index (Phi) is 4.17. The molecule has 52 valence electrons. The van der Waals surface area contributed by atoms with Gasteiger partial charge in [0.2, 0.25) is 0 Å². The fraction of sp³-hybridized carbons (Fsp3) is 0.750. The molecule has 1 unspecified atom stereocenters. The summed E-state index contributed by atoms with van der Waals surface area (Å²) in [6.45, 7) is 3.16. The van der Waals surface area contributed by atoms with Crippen molar-refractivity contribution in [3.8, 4) is 12.3 Å². The lowest BCUT2D eigenvalue weighted by Gasteiger charge is -2.09. The van der Waals surface area contributed by atoms with E-state index in [0.29, 0.717) is 5.92 Å². The molecular formula is C8H15N. The highest BCUT2D eigenvalue weighted by molar-refractivity contribution is 4.90. The summed E-state index contributed by atoms with van der Waals surface area (Å²) in [5, 5.41) is 0. The van der Waals surface area contributed by atoms with Gasteiger partial charge in [0.25, 0.3) is 0 Å². The lowest BCUT2D eigenvalue weighted by molar-refractivity contribution is 0.382. The lowest BCUT2D eigenvalue weighted by Crippen LogP contribution is -2.14. The van der Waals surface area contributed by atoms with Gasteiger partial charge in [0.1, 0.15) is 0 Å². The number of rotatable bonds is 3. The SMILES string of the molecule is C#CC(C)CCN(C)C. The van der Waals surface area contributed by atoms with Gasteiger partial charge in [0, 0.05) is 5.92 Å². The summed E-state index contributed by atoms with van der Waals surface area (Å²) in [5.74, 6) is 3.12. The lowest BCUT2D eigenvalue weighted by atomic mass is 10.1. The molecule has 9 heavy (non-hydrogen) atoms. The van der Waals surface area contributed by atoms with E-state index in [2.05, 4.69) is 31.8 Å². The van der Waals surface area contributed by atoms with Crippen LogP contribution < -0.4 is 0 Å². The third-order valence-corrected chi connectivity index (χ3v) is 1.29. The molecule has 0 saturated heterocycles. The van der Waals surface area contributed by atoms with Gasteiger partial charge in [0.05, 0.1) is 0 Å². The average Bonchev–Trinajstić information content (AvgIpc) is 1.83. The minimum absolute atomic E-state index is 0.424. The highest BCUT2D eigenvalue weighted by Gasteiger charge is 1.96. The van der Waals surface area contributed by atoms with E-state index in [1.165, 1.54) is 0 Å². The second-order valence-electron chi connectivity index (χ2n) is 2.66. The Hall–Kier alpha value is -0.480. The summed E-state index contributed by atoms with van der Waals surface area (Å²) in [4.78, 5) is 2.15. The zero-order valence-electron chi connectivity index (χ0n) is 6.52. The Morgan fingerprint density at radius 3 is 2.44 bits per heavy atom. The molecule has 1 atom stereocenters. The van der Waals surface area contributed by atoms with Crippen LogP contribution in [0, 0.1) is 18.3 Å². The molecule has 0 aromatic rings. The molecule has 0 N–H and O–H groups in total. The molecule has 1 heteroatoms. The molecule has 0 aromatic heterocycles. The van der Waals surface area contributed by atoms with Crippen LogP contribution in [0.15, 0.2) is 0 Å². The average molecular weight is 125 g/mol. The summed E-state index contributed by atoms with van der Waals surface area (Å²) < 4.78 is 0. The van der Waals surface area contributed by atoms with E-state index in [9.17, 15) is 0 Å². The standard InChI is InChI=1S/C8H15N/c1-5-8(2)6-7-9(3)4/h1,8H,6-7H2,2-4H3. The fourth-order valence-electron chi connectivity index (χ4n) is 0.535. The predicted molar refractivity (Wildman–Crippen MR) is 41.2 cm³/mol. The topological polar surface area (TPSA) is 3.24 Å². The van der Waals surface area contributed by atoms with E-state index in [4.69, 9.17) is 6.42 Å². The summed E-state index contributed by atoms with van der Waals surface area (Å²) in [5.41, 5.74) is 0. The first-order valence-corrected chi connectivity index (χ1v) is 3.27. The first-order chi connectivity index (χ1) is 4.16. The van der Waals surface area contributed by atoms with Crippen molar-refractivity contribution in [1.29, 1.82) is 0 Å². The van der Waals surface area contributed by atoms with Gasteiger partial charge < -0.3 is 4.90 Å². The van der Waals surface area contributed by atoms with Crippen LogP contribution in [0.4, 0.5) is 0 Å². The van der Waals surface area contributed by atoms with Gasteiger partial charge in [-0.15, -0.1) is 12.3 Å². The van der Waals surface area contributed by atoms with Crippen molar-refractivity contribution in [3.05, 3.63) is 0 Å². The summed E-state index contributed by atoms with van der Waals surface area (Å²) in [6, 6.07) is 0. The summed E-state index contributed by atoms with van der Waals surface area (Å²) in [6.07, 6.45) is 6.29. The van der Waals surface area contributed by atoms with Crippen LogP contribution in [-0.4, -0.2) is 25.5 Å². The number of hydrogen-bond donors (Lipinski definition) is 0. The Labute approximate surface area is 58.1 Å². The molecule has 0 heterocycles. The fourth-order valence-corrected chi connectivity index (χ4v) is 0.535. The maximum atomic E-state index is 5.19. The Balaban J connectivity index is 3.19. The van der Waals surface area contributed by atoms with Crippen molar-refractivity contribution in [2.75, 3.05) is 20.6 Å². The van der Waals surface area contributed by atoms with Crippen molar-refractivity contribution in [2.45, 2.75) is 13.3 Å². The minimum atomic E-state index is 0.424. The number of hydrogen-bond acceptors (Lipinski definition) is 1. The zero-order valence-corrected chi connectivity index (χ0v) is 6.52. The van der Waals surface area contributed by atoms with Crippen LogP contribution in [-0.2, 0) is 0 Å². The van der Waals surface area contributed by atoms with Gasteiger partial charge >= 0.3 is 0 Å². The maximum Gasteiger partial charge on any atom is 0.0184 e.